The summed E-state index contributed by atoms with van der Waals surface area (Å²) < 4.78 is 2.22. The zero-order chi connectivity index (χ0) is 18.9. The molecule has 1 aromatic heterocycles. The van der Waals surface area contributed by atoms with Gasteiger partial charge in [0.25, 0.3) is 0 Å². The summed E-state index contributed by atoms with van der Waals surface area (Å²) in [6.07, 6.45) is 2.99. The van der Waals surface area contributed by atoms with Crippen molar-refractivity contribution in [1.29, 1.82) is 0 Å². The van der Waals surface area contributed by atoms with Crippen LogP contribution in [0.15, 0.2) is 96.1 Å². The van der Waals surface area contributed by atoms with Gasteiger partial charge < -0.3 is 4.57 Å². The average molecular weight is 363 g/mol. The Bertz CT molecular complexity index is 1120. The van der Waals surface area contributed by atoms with Crippen LogP contribution >= 0.6 is 0 Å². The molecule has 1 aliphatic rings. The van der Waals surface area contributed by atoms with E-state index < -0.39 is 0 Å². The van der Waals surface area contributed by atoms with Crippen LogP contribution in [-0.2, 0) is 0 Å². The van der Waals surface area contributed by atoms with Crippen LogP contribution in [0.3, 0.4) is 0 Å². The SMILES string of the molecule is Cc1ccc(C2CC(c3ccccc3)=Nc3nc(-c4ccccc4)cn32)cc1. The van der Waals surface area contributed by atoms with Crippen LogP contribution in [0.1, 0.15) is 29.2 Å². The first kappa shape index (κ1) is 16.7. The Morgan fingerprint density at radius 3 is 2.11 bits per heavy atom. The maximum atomic E-state index is 4.92. The fraction of sp³-hybridized carbons (Fsp3) is 0.120. The van der Waals surface area contributed by atoms with Crippen LogP contribution in [0, 0.1) is 6.92 Å². The molecule has 3 nitrogen and oxygen atoms in total. The van der Waals surface area contributed by atoms with Crippen molar-refractivity contribution in [3.8, 4) is 11.3 Å². The zero-order valence-corrected chi connectivity index (χ0v) is 15.8. The number of hydrogen-bond acceptors (Lipinski definition) is 2. The first-order chi connectivity index (χ1) is 13.8. The van der Waals surface area contributed by atoms with E-state index in [1.165, 1.54) is 11.1 Å². The maximum Gasteiger partial charge on any atom is 0.230 e. The lowest BCUT2D eigenvalue weighted by Gasteiger charge is -2.25. The Balaban J connectivity index is 1.64. The standard InChI is InChI=1S/C25H21N3/c1-18-12-14-21(15-13-18)24-16-22(19-8-4-2-5-9-19)26-25-27-23(17-28(24)25)20-10-6-3-7-11-20/h2-15,17,24H,16H2,1H3. The normalized spacial score (nSPS) is 15.8. The number of hydrogen-bond donors (Lipinski definition) is 0. The number of aryl methyl sites for hydroxylation is 1. The lowest BCUT2D eigenvalue weighted by Crippen LogP contribution is -2.19. The van der Waals surface area contributed by atoms with Gasteiger partial charge in [-0.05, 0) is 18.1 Å². The van der Waals surface area contributed by atoms with E-state index in [2.05, 4.69) is 78.4 Å². The number of aromatic nitrogens is 2. The second kappa shape index (κ2) is 6.93. The highest BCUT2D eigenvalue weighted by Crippen LogP contribution is 2.36. The van der Waals surface area contributed by atoms with Crippen LogP contribution in [0.4, 0.5) is 5.95 Å². The van der Waals surface area contributed by atoms with E-state index in [4.69, 9.17) is 9.98 Å². The van der Waals surface area contributed by atoms with E-state index in [9.17, 15) is 0 Å². The largest absolute Gasteiger partial charge is 0.307 e. The Kier molecular flexibility index (Phi) is 4.13. The third-order valence-electron chi connectivity index (χ3n) is 5.31. The molecule has 0 radical (unpaired) electrons. The van der Waals surface area contributed by atoms with E-state index in [1.54, 1.807) is 0 Å². The van der Waals surface area contributed by atoms with E-state index in [0.29, 0.717) is 0 Å². The van der Waals surface area contributed by atoms with E-state index in [-0.39, 0.29) is 6.04 Å². The lowest BCUT2D eigenvalue weighted by molar-refractivity contribution is 0.595. The van der Waals surface area contributed by atoms with Crippen LogP contribution < -0.4 is 0 Å². The van der Waals surface area contributed by atoms with Crippen molar-refractivity contribution >= 4 is 11.7 Å². The minimum atomic E-state index is 0.188. The molecule has 0 saturated heterocycles. The molecule has 1 atom stereocenters. The van der Waals surface area contributed by atoms with Gasteiger partial charge in [-0.15, -0.1) is 0 Å². The smallest absolute Gasteiger partial charge is 0.230 e. The summed E-state index contributed by atoms with van der Waals surface area (Å²) in [6.45, 7) is 2.12. The van der Waals surface area contributed by atoms with Gasteiger partial charge in [0.2, 0.25) is 5.95 Å². The van der Waals surface area contributed by atoms with E-state index in [0.717, 1.165) is 34.9 Å². The fourth-order valence-corrected chi connectivity index (χ4v) is 3.77. The van der Waals surface area contributed by atoms with Gasteiger partial charge in [0.15, 0.2) is 0 Å². The molecule has 3 heteroatoms. The summed E-state index contributed by atoms with van der Waals surface area (Å²) in [5.41, 5.74) is 6.88. The van der Waals surface area contributed by atoms with Gasteiger partial charge in [0.1, 0.15) is 0 Å². The predicted molar refractivity (Wildman–Crippen MR) is 114 cm³/mol. The third-order valence-corrected chi connectivity index (χ3v) is 5.31. The minimum absolute atomic E-state index is 0.188. The molecule has 2 heterocycles. The molecule has 136 valence electrons. The maximum absolute atomic E-state index is 4.92. The number of benzene rings is 3. The molecule has 1 unspecified atom stereocenters. The van der Waals surface area contributed by atoms with Crippen LogP contribution in [0.5, 0.6) is 0 Å². The van der Waals surface area contributed by atoms with Crippen molar-refractivity contribution in [3.63, 3.8) is 0 Å². The Morgan fingerprint density at radius 1 is 0.786 bits per heavy atom. The second-order valence-corrected chi connectivity index (χ2v) is 7.25. The Labute approximate surface area is 165 Å². The molecule has 0 bridgehead atoms. The molecular weight excluding hydrogens is 342 g/mol. The summed E-state index contributed by atoms with van der Waals surface area (Å²) in [5, 5.41) is 0. The Hall–Kier alpha value is -3.46. The molecule has 28 heavy (non-hydrogen) atoms. The summed E-state index contributed by atoms with van der Waals surface area (Å²) >= 11 is 0. The lowest BCUT2D eigenvalue weighted by atomic mass is 9.95. The highest BCUT2D eigenvalue weighted by molar-refractivity contribution is 6.02. The molecule has 3 aromatic carbocycles. The Morgan fingerprint density at radius 2 is 1.43 bits per heavy atom. The highest BCUT2D eigenvalue weighted by Gasteiger charge is 2.26. The summed E-state index contributed by atoms with van der Waals surface area (Å²) in [7, 11) is 0. The first-order valence-electron chi connectivity index (χ1n) is 9.62. The fourth-order valence-electron chi connectivity index (χ4n) is 3.77. The van der Waals surface area contributed by atoms with Gasteiger partial charge >= 0.3 is 0 Å². The van der Waals surface area contributed by atoms with Crippen molar-refractivity contribution in [2.75, 3.05) is 0 Å². The minimum Gasteiger partial charge on any atom is -0.307 e. The monoisotopic (exact) mass is 363 g/mol. The summed E-state index contributed by atoms with van der Waals surface area (Å²) in [6, 6.07) is 29.7. The van der Waals surface area contributed by atoms with Crippen molar-refractivity contribution in [3.05, 3.63) is 108 Å². The second-order valence-electron chi connectivity index (χ2n) is 7.25. The molecule has 0 saturated carbocycles. The van der Waals surface area contributed by atoms with E-state index >= 15 is 0 Å². The van der Waals surface area contributed by atoms with Crippen molar-refractivity contribution in [2.24, 2.45) is 4.99 Å². The summed E-state index contributed by atoms with van der Waals surface area (Å²) in [4.78, 5) is 9.79. The number of imidazole rings is 1. The van der Waals surface area contributed by atoms with E-state index in [1.807, 2.05) is 24.3 Å². The van der Waals surface area contributed by atoms with Crippen molar-refractivity contribution in [1.82, 2.24) is 9.55 Å². The molecule has 0 fully saturated rings. The van der Waals surface area contributed by atoms with Gasteiger partial charge in [0, 0.05) is 18.2 Å². The molecule has 4 aromatic rings. The predicted octanol–water partition coefficient (Wildman–Crippen LogP) is 5.97. The van der Waals surface area contributed by atoms with Gasteiger partial charge in [-0.25, -0.2) is 9.98 Å². The number of fused-ring (bicyclic) bond motifs is 1. The van der Waals surface area contributed by atoms with Gasteiger partial charge in [0.05, 0.1) is 17.4 Å². The first-order valence-corrected chi connectivity index (χ1v) is 9.62. The molecule has 0 amide bonds. The van der Waals surface area contributed by atoms with Gasteiger partial charge in [-0.1, -0.05) is 90.5 Å². The summed E-state index contributed by atoms with van der Waals surface area (Å²) in [5.74, 6) is 0.773. The molecule has 0 spiro atoms. The van der Waals surface area contributed by atoms with Crippen molar-refractivity contribution < 1.29 is 0 Å². The average Bonchev–Trinajstić information content (AvgIpc) is 3.19. The number of rotatable bonds is 3. The highest BCUT2D eigenvalue weighted by atomic mass is 15.2. The molecule has 1 aliphatic heterocycles. The topological polar surface area (TPSA) is 30.2 Å². The van der Waals surface area contributed by atoms with Crippen LogP contribution in [-0.4, -0.2) is 15.3 Å². The third kappa shape index (κ3) is 3.05. The number of nitrogens with zero attached hydrogens (tertiary/aromatic N) is 3. The molecular formula is C25H21N3. The molecule has 5 rings (SSSR count). The van der Waals surface area contributed by atoms with Crippen molar-refractivity contribution in [2.45, 2.75) is 19.4 Å². The van der Waals surface area contributed by atoms with Crippen LogP contribution in [0.25, 0.3) is 11.3 Å². The molecule has 0 aliphatic carbocycles. The van der Waals surface area contributed by atoms with Crippen LogP contribution in [0.2, 0.25) is 0 Å². The van der Waals surface area contributed by atoms with Gasteiger partial charge in [-0.2, -0.15) is 0 Å². The number of aliphatic imine (C=N–C) groups is 1. The zero-order valence-electron chi connectivity index (χ0n) is 15.8. The van der Waals surface area contributed by atoms with Gasteiger partial charge in [-0.3, -0.25) is 0 Å². The molecule has 0 N–H and O–H groups in total. The quantitative estimate of drug-likeness (QED) is 0.441.